The molecule has 4 nitrogen and oxygen atoms in total. The van der Waals surface area contributed by atoms with Gasteiger partial charge in [-0.15, -0.1) is 0 Å². The van der Waals surface area contributed by atoms with Crippen LogP contribution in [0.5, 0.6) is 0 Å². The van der Waals surface area contributed by atoms with Gasteiger partial charge in [-0.05, 0) is 24.3 Å². The summed E-state index contributed by atoms with van der Waals surface area (Å²) in [7, 11) is -2.14. The smallest absolute Gasteiger partial charge is 0.246 e. The highest BCUT2D eigenvalue weighted by atomic mass is 35.5. The SMILES string of the molecule is CN(C1CCSC1)S(=O)(=O)c1c(Cl)cc(N)cc1Cl. The fourth-order valence-electron chi connectivity index (χ4n) is 1.98. The Labute approximate surface area is 127 Å². The van der Waals surface area contributed by atoms with Crippen molar-refractivity contribution in [1.82, 2.24) is 4.31 Å². The summed E-state index contributed by atoms with van der Waals surface area (Å²) in [6, 6.07) is 2.79. The van der Waals surface area contributed by atoms with Gasteiger partial charge in [-0.3, -0.25) is 0 Å². The number of hydrogen-bond acceptors (Lipinski definition) is 4. The zero-order valence-electron chi connectivity index (χ0n) is 10.3. The summed E-state index contributed by atoms with van der Waals surface area (Å²) in [4.78, 5) is -0.0653. The standard InChI is InChI=1S/C11H14Cl2N2O2S2/c1-15(8-2-3-18-6-8)19(16,17)11-9(12)4-7(14)5-10(11)13/h4-5,8H,2-3,6,14H2,1H3. The molecule has 0 bridgehead atoms. The topological polar surface area (TPSA) is 63.4 Å². The highest BCUT2D eigenvalue weighted by Gasteiger charge is 2.33. The number of anilines is 1. The van der Waals surface area contributed by atoms with Crippen LogP contribution in [0.1, 0.15) is 6.42 Å². The van der Waals surface area contributed by atoms with E-state index in [4.69, 9.17) is 28.9 Å². The zero-order valence-corrected chi connectivity index (χ0v) is 13.4. The second-order valence-corrected chi connectivity index (χ2v) is 8.25. The average molecular weight is 341 g/mol. The summed E-state index contributed by atoms with van der Waals surface area (Å²) >= 11 is 13.7. The van der Waals surface area contributed by atoms with Crippen LogP contribution in [-0.4, -0.2) is 37.3 Å². The zero-order chi connectivity index (χ0) is 14.2. The van der Waals surface area contributed by atoms with Gasteiger partial charge in [0.25, 0.3) is 0 Å². The lowest BCUT2D eigenvalue weighted by Crippen LogP contribution is -2.37. The van der Waals surface area contributed by atoms with Crippen molar-refractivity contribution >= 4 is 50.7 Å². The minimum absolute atomic E-state index is 0.0142. The van der Waals surface area contributed by atoms with Gasteiger partial charge in [-0.1, -0.05) is 23.2 Å². The van der Waals surface area contributed by atoms with Gasteiger partial charge in [-0.2, -0.15) is 16.1 Å². The van der Waals surface area contributed by atoms with Crippen molar-refractivity contribution in [2.45, 2.75) is 17.4 Å². The van der Waals surface area contributed by atoms with Crippen molar-refractivity contribution in [1.29, 1.82) is 0 Å². The van der Waals surface area contributed by atoms with Gasteiger partial charge in [-0.25, -0.2) is 8.42 Å². The second kappa shape index (κ2) is 5.69. The van der Waals surface area contributed by atoms with E-state index >= 15 is 0 Å². The van der Waals surface area contributed by atoms with E-state index in [1.807, 2.05) is 0 Å². The molecule has 1 heterocycles. The molecule has 0 spiro atoms. The first kappa shape index (κ1) is 15.3. The number of nitrogens with zero attached hydrogens (tertiary/aromatic N) is 1. The molecule has 0 radical (unpaired) electrons. The number of thioether (sulfide) groups is 1. The summed E-state index contributed by atoms with van der Waals surface area (Å²) < 4.78 is 26.5. The van der Waals surface area contributed by atoms with Crippen LogP contribution in [0, 0.1) is 0 Å². The average Bonchev–Trinajstić information content (AvgIpc) is 2.78. The normalized spacial score (nSPS) is 20.1. The Morgan fingerprint density at radius 2 is 1.95 bits per heavy atom. The van der Waals surface area contributed by atoms with Gasteiger partial charge in [0.05, 0.1) is 10.0 Å². The van der Waals surface area contributed by atoms with E-state index in [0.29, 0.717) is 5.69 Å². The van der Waals surface area contributed by atoms with Gasteiger partial charge in [0.15, 0.2) is 0 Å². The molecular weight excluding hydrogens is 327 g/mol. The Balaban J connectivity index is 2.44. The summed E-state index contributed by atoms with van der Waals surface area (Å²) in [6.07, 6.45) is 0.838. The summed E-state index contributed by atoms with van der Waals surface area (Å²) in [5.41, 5.74) is 5.93. The first-order chi connectivity index (χ1) is 8.84. The Kier molecular flexibility index (Phi) is 4.57. The van der Waals surface area contributed by atoms with Crippen LogP contribution in [0.4, 0.5) is 5.69 Å². The molecule has 1 aromatic rings. The first-order valence-corrected chi connectivity index (χ1v) is 8.99. The van der Waals surface area contributed by atoms with Crippen molar-refractivity contribution in [3.63, 3.8) is 0 Å². The minimum atomic E-state index is -3.70. The van der Waals surface area contributed by atoms with E-state index in [1.54, 1.807) is 18.8 Å². The Morgan fingerprint density at radius 3 is 2.42 bits per heavy atom. The maximum absolute atomic E-state index is 12.6. The van der Waals surface area contributed by atoms with Gasteiger partial charge < -0.3 is 5.73 Å². The Bertz CT molecular complexity index is 563. The lowest BCUT2D eigenvalue weighted by Gasteiger charge is -2.24. The number of benzene rings is 1. The predicted octanol–water partition coefficient (Wildman–Crippen LogP) is 2.70. The molecule has 0 aromatic heterocycles. The molecule has 1 aliphatic rings. The number of sulfonamides is 1. The summed E-state index contributed by atoms with van der Waals surface area (Å²) in [6.45, 7) is 0. The van der Waals surface area contributed by atoms with Crippen LogP contribution >= 0.6 is 35.0 Å². The van der Waals surface area contributed by atoms with Crippen molar-refractivity contribution in [3.05, 3.63) is 22.2 Å². The van der Waals surface area contributed by atoms with E-state index in [0.717, 1.165) is 17.9 Å². The van der Waals surface area contributed by atoms with Crippen LogP contribution in [-0.2, 0) is 10.0 Å². The predicted molar refractivity (Wildman–Crippen MR) is 81.6 cm³/mol. The van der Waals surface area contributed by atoms with Gasteiger partial charge in [0.1, 0.15) is 4.90 Å². The molecule has 1 saturated heterocycles. The number of hydrogen-bond donors (Lipinski definition) is 1. The molecule has 0 aliphatic carbocycles. The molecule has 1 unspecified atom stereocenters. The van der Waals surface area contributed by atoms with E-state index in [-0.39, 0.29) is 21.0 Å². The third kappa shape index (κ3) is 2.97. The fraction of sp³-hybridized carbons (Fsp3) is 0.455. The van der Waals surface area contributed by atoms with Crippen LogP contribution in [0.25, 0.3) is 0 Å². The second-order valence-electron chi connectivity index (χ2n) is 4.35. The van der Waals surface area contributed by atoms with Crippen LogP contribution < -0.4 is 5.73 Å². The fourth-order valence-corrected chi connectivity index (χ4v) is 5.90. The summed E-state index contributed by atoms with van der Waals surface area (Å²) in [5.74, 6) is 1.76. The highest BCUT2D eigenvalue weighted by molar-refractivity contribution is 7.99. The number of nitrogens with two attached hydrogens (primary N) is 1. The molecule has 0 saturated carbocycles. The third-order valence-electron chi connectivity index (χ3n) is 3.08. The molecule has 2 N–H and O–H groups in total. The first-order valence-electron chi connectivity index (χ1n) is 5.64. The monoisotopic (exact) mass is 340 g/mol. The van der Waals surface area contributed by atoms with Crippen molar-refractivity contribution in [3.8, 4) is 0 Å². The van der Waals surface area contributed by atoms with E-state index in [1.165, 1.54) is 16.4 Å². The van der Waals surface area contributed by atoms with Gasteiger partial charge in [0, 0.05) is 24.5 Å². The number of nitrogen functional groups attached to an aromatic ring is 1. The maximum atomic E-state index is 12.6. The molecule has 1 aromatic carbocycles. The molecule has 0 amide bonds. The summed E-state index contributed by atoms with van der Waals surface area (Å²) in [5, 5.41) is 0.116. The molecule has 2 rings (SSSR count). The van der Waals surface area contributed by atoms with Crippen molar-refractivity contribution in [2.75, 3.05) is 24.3 Å². The van der Waals surface area contributed by atoms with E-state index in [9.17, 15) is 8.42 Å². The van der Waals surface area contributed by atoms with Crippen LogP contribution in [0.15, 0.2) is 17.0 Å². The molecule has 106 valence electrons. The Hall–Kier alpha value is -0.140. The van der Waals surface area contributed by atoms with E-state index < -0.39 is 10.0 Å². The lowest BCUT2D eigenvalue weighted by molar-refractivity contribution is 0.394. The third-order valence-corrected chi connectivity index (χ3v) is 7.05. The highest BCUT2D eigenvalue weighted by Crippen LogP contribution is 2.35. The van der Waals surface area contributed by atoms with Gasteiger partial charge in [0.2, 0.25) is 10.0 Å². The molecule has 1 fully saturated rings. The number of halogens is 2. The quantitative estimate of drug-likeness (QED) is 0.859. The van der Waals surface area contributed by atoms with Crippen molar-refractivity contribution < 1.29 is 8.42 Å². The largest absolute Gasteiger partial charge is 0.399 e. The molecule has 1 aliphatic heterocycles. The number of rotatable bonds is 3. The molecular formula is C11H14Cl2N2O2S2. The Morgan fingerprint density at radius 1 is 1.37 bits per heavy atom. The maximum Gasteiger partial charge on any atom is 0.246 e. The van der Waals surface area contributed by atoms with Crippen LogP contribution in [0.3, 0.4) is 0 Å². The molecule has 1 atom stereocenters. The van der Waals surface area contributed by atoms with Crippen LogP contribution in [0.2, 0.25) is 10.0 Å². The molecule has 19 heavy (non-hydrogen) atoms. The molecule has 8 heteroatoms. The lowest BCUT2D eigenvalue weighted by atomic mass is 10.3. The van der Waals surface area contributed by atoms with Crippen molar-refractivity contribution in [2.24, 2.45) is 0 Å². The van der Waals surface area contributed by atoms with E-state index in [2.05, 4.69) is 0 Å². The van der Waals surface area contributed by atoms with Gasteiger partial charge >= 0.3 is 0 Å². The minimum Gasteiger partial charge on any atom is -0.399 e.